The van der Waals surface area contributed by atoms with Gasteiger partial charge in [0.25, 0.3) is 5.91 Å². The Labute approximate surface area is 597 Å². The molecule has 1 saturated heterocycles. The number of amides is 1. The number of anilines is 7. The van der Waals surface area contributed by atoms with Gasteiger partial charge in [-0.3, -0.25) is 4.79 Å². The van der Waals surface area contributed by atoms with E-state index in [2.05, 4.69) is 55.8 Å². The Morgan fingerprint density at radius 2 is 0.969 bits per heavy atom. The van der Waals surface area contributed by atoms with Crippen LogP contribution in [0.25, 0.3) is 0 Å². The summed E-state index contributed by atoms with van der Waals surface area (Å²) in [5.74, 6) is -1.74. The molecule has 29 nitrogen and oxygen atoms in total. The third-order valence-electron chi connectivity index (χ3n) is 12.2. The zero-order valence-electron chi connectivity index (χ0n) is 52.5. The number of primary amides is 1. The topological polar surface area (TPSA) is 505 Å². The number of nitrogens with one attached hydrogen (secondary N) is 3. The van der Waals surface area contributed by atoms with Gasteiger partial charge in [0.1, 0.15) is 50.7 Å². The molecule has 4 aromatic heterocycles. The maximum Gasteiger partial charge on any atom is 1.00 e. The van der Waals surface area contributed by atoms with E-state index in [0.29, 0.717) is 56.6 Å². The summed E-state index contributed by atoms with van der Waals surface area (Å²) in [4.78, 5) is 75.8. The number of ether oxygens (including phenoxy) is 3. The molecule has 0 spiro atoms. The molecule has 1 unspecified atom stereocenters. The van der Waals surface area contributed by atoms with Gasteiger partial charge in [0, 0.05) is 72.6 Å². The third kappa shape index (κ3) is 30.7. The van der Waals surface area contributed by atoms with Gasteiger partial charge in [-0.25, -0.2) is 44.3 Å². The van der Waals surface area contributed by atoms with Crippen LogP contribution in [0, 0.1) is 52.2 Å². The molecule has 34 heteroatoms. The average molecular weight is 1410 g/mol. The van der Waals surface area contributed by atoms with Crippen LogP contribution in [0.15, 0.2) is 122 Å². The molecule has 2 aliphatic rings. The normalized spacial score (nSPS) is 13.3. The zero-order valence-corrected chi connectivity index (χ0v) is 55.6. The molecule has 8 aromatic rings. The number of nitrogen functional groups attached to an aromatic ring is 1. The van der Waals surface area contributed by atoms with E-state index < -0.39 is 30.1 Å². The van der Waals surface area contributed by atoms with Gasteiger partial charge < -0.3 is 68.8 Å². The molecule has 1 saturated carbocycles. The Hall–Kier alpha value is -10.2. The van der Waals surface area contributed by atoms with Crippen molar-refractivity contribution in [1.29, 1.82) is 21.0 Å². The summed E-state index contributed by atoms with van der Waals surface area (Å²) < 4.78 is 14.3. The minimum atomic E-state index is -1.17. The number of carbonyl (C=O) groups is 4. The number of benzene rings is 4. The van der Waals surface area contributed by atoms with E-state index in [1.165, 1.54) is 31.4 Å². The first-order chi connectivity index (χ1) is 45.5. The van der Waals surface area contributed by atoms with Crippen LogP contribution in [-0.4, -0.2) is 118 Å². The summed E-state index contributed by atoms with van der Waals surface area (Å²) in [5.41, 5.74) is 26.8. The number of nitrogens with two attached hydrogens (primary N) is 4. The van der Waals surface area contributed by atoms with Gasteiger partial charge in [0.2, 0.25) is 15.9 Å². The Kier molecular flexibility index (Phi) is 40.3. The molecule has 98 heavy (non-hydrogen) atoms. The molecule has 2 fully saturated rings. The maximum absolute atomic E-state index is 11.9. The molecule has 3 atom stereocenters. The third-order valence-corrected chi connectivity index (χ3v) is 13.0. The molecule has 508 valence electrons. The van der Waals surface area contributed by atoms with Gasteiger partial charge in [0.05, 0.1) is 59.7 Å². The van der Waals surface area contributed by atoms with Crippen LogP contribution in [0.3, 0.4) is 0 Å². The second-order valence-electron chi connectivity index (χ2n) is 19.2. The van der Waals surface area contributed by atoms with Gasteiger partial charge in [-0.05, 0) is 148 Å². The first-order valence-corrected chi connectivity index (χ1v) is 29.8. The number of carboxylic acids is 1. The molecule has 0 radical (unpaired) electrons. The smallest absolute Gasteiger partial charge is 0.870 e. The van der Waals surface area contributed by atoms with E-state index in [9.17, 15) is 19.2 Å². The van der Waals surface area contributed by atoms with E-state index in [0.717, 1.165) is 38.5 Å². The van der Waals surface area contributed by atoms with Crippen LogP contribution >= 0.6 is 46.4 Å². The summed E-state index contributed by atoms with van der Waals surface area (Å²) >= 11 is 22.5. The molecule has 1 amide bonds. The first-order valence-electron chi connectivity index (χ1n) is 28.3. The van der Waals surface area contributed by atoms with Crippen LogP contribution in [0.4, 0.5) is 40.2 Å². The van der Waals surface area contributed by atoms with E-state index >= 15 is 0 Å². The fraction of sp³-hybridized carbons (Fsp3) is 0.250. The van der Waals surface area contributed by atoms with Crippen molar-refractivity contribution in [3.63, 3.8) is 0 Å². The number of hydrogen-bond acceptors (Lipinski definition) is 27. The second-order valence-corrected chi connectivity index (χ2v) is 20.6. The quantitative estimate of drug-likeness (QED) is 0.0185. The Balaban J connectivity index is 0.000000588. The van der Waals surface area contributed by atoms with Crippen molar-refractivity contribution in [2.24, 2.45) is 17.2 Å². The van der Waals surface area contributed by atoms with Gasteiger partial charge in [-0.15, -0.1) is 0 Å². The number of esters is 2. The average Bonchev–Trinajstić information content (AvgIpc) is 1.18. The number of rotatable bonds is 12. The van der Waals surface area contributed by atoms with E-state index in [-0.39, 0.29) is 112 Å². The maximum atomic E-state index is 11.9. The summed E-state index contributed by atoms with van der Waals surface area (Å²) in [5, 5.41) is 61.0. The number of hydrogen-bond donors (Lipinski definition) is 9. The van der Waals surface area contributed by atoms with Gasteiger partial charge in [-0.1, -0.05) is 56.1 Å². The van der Waals surface area contributed by atoms with E-state index in [1.807, 2.05) is 24.3 Å². The first kappa shape index (κ1) is 85.8. The number of carboxylic acid groups (broad SMARTS) is 1. The minimum Gasteiger partial charge on any atom is -0.870 e. The number of aromatic carboxylic acids is 1. The summed E-state index contributed by atoms with van der Waals surface area (Å²) in [6.07, 6.45) is 11.2. The molecule has 14 N–H and O–H groups in total. The zero-order chi connectivity index (χ0) is 69.8. The molecule has 4 aromatic carbocycles. The predicted octanol–water partition coefficient (Wildman–Crippen LogP) is 7.76. The summed E-state index contributed by atoms with van der Waals surface area (Å²) in [6, 6.07) is 35.6. The molecular weight excluding hydrogens is 1340 g/mol. The van der Waals surface area contributed by atoms with Gasteiger partial charge in [-0.2, -0.15) is 31.0 Å². The Bertz CT molecular complexity index is 3950. The molecule has 5 heterocycles. The largest absolute Gasteiger partial charge is 1.00 e. The monoisotopic (exact) mass is 1410 g/mol. The molecule has 10 rings (SSSR count). The number of aryl methyl sites for hydroxylation is 1. The number of carbonyl (C=O) groups excluding carboxylic acids is 3. The van der Waals surface area contributed by atoms with Crippen LogP contribution in [0.1, 0.15) is 129 Å². The van der Waals surface area contributed by atoms with Crippen molar-refractivity contribution in [3.05, 3.63) is 193 Å². The fourth-order valence-electron chi connectivity index (χ4n) is 7.63. The standard InChI is InChI=1S/C14H11ClN4O2.C13H11N5O.C12H7ClN4O2.C7H6Cl2N2O2.C7H6N2.C6H14N2.C4H8O2.CH4.Li.H2O/c1-2-21-13(20)11-8-17-14(15)19-12(11)18-10-5-3-4-9(6-10)7-16;1-8-16-7-11(12(15)19)13(17-8)18-10-4-2-3-9(5-10)6-14;13-12-15-6-9(11(18)19)10(17-12)16-8-3-1-2-7(4-8)5-14;1-2-13-6(12)4-3-10-7(9)11-5(4)8;8-5-6-2-1-3-7(9)4-6;7-5-3-1-2-4-6(5)8;5-4-2-1-3-6-4;;;/h3-6,8H,2H2,1H3,(H,17,18,19);2-5,7H,1H3,(H2,15,19)(H,16,17,18);1-4,6H,(H,18,19)(H,15,16,17);3H,2H2,1H3;1-4H,9H2;5-6H,1-4,7-8H2;4-5H,1-3H2;1H4;;1H2/q;;;;;;;;+1;/p-1/t;;;;;5-,6+;;;;. The SMILES string of the molecule is C.CCOC(=O)c1cnc(Cl)nc1Cl.CCOC(=O)c1cnc(Cl)nc1Nc1cccc(C#N)c1.Cc1ncc(C(N)=O)c(Nc2cccc(C#N)c2)n1.N#Cc1cccc(N)c1.N#Cc1cccc(Nc2nc(Cl)ncc2C(=O)O)c1.N[C@@H]1CCCC[C@@H]1N.OC1CCCO1.[Li+].[OH-]. The summed E-state index contributed by atoms with van der Waals surface area (Å²) in [7, 11) is 0. The van der Waals surface area contributed by atoms with Gasteiger partial charge >= 0.3 is 36.8 Å². The number of nitriles is 4. The van der Waals surface area contributed by atoms with Crippen molar-refractivity contribution in [3.8, 4) is 24.3 Å². The molecule has 0 bridgehead atoms. The van der Waals surface area contributed by atoms with Crippen molar-refractivity contribution < 1.29 is 67.9 Å². The van der Waals surface area contributed by atoms with Crippen LogP contribution in [0.5, 0.6) is 0 Å². The number of aliphatic hydroxyl groups excluding tert-OH is 1. The van der Waals surface area contributed by atoms with Crippen LogP contribution in [-0.2, 0) is 14.2 Å². The van der Waals surface area contributed by atoms with Crippen molar-refractivity contribution in [2.75, 3.05) is 41.5 Å². The number of aromatic nitrogens is 8. The van der Waals surface area contributed by atoms with E-state index in [4.69, 9.17) is 115 Å². The van der Waals surface area contributed by atoms with Crippen molar-refractivity contribution in [1.82, 2.24) is 39.9 Å². The summed E-state index contributed by atoms with van der Waals surface area (Å²) in [6.45, 7) is 6.37. The Morgan fingerprint density at radius 1 is 0.582 bits per heavy atom. The Morgan fingerprint density at radius 3 is 1.33 bits per heavy atom. The van der Waals surface area contributed by atoms with Crippen LogP contribution < -0.4 is 57.7 Å². The molecule has 1 aliphatic heterocycles. The molecular formula is C64H68Cl4LiN19O10. The predicted molar refractivity (Wildman–Crippen MR) is 363 cm³/mol. The van der Waals surface area contributed by atoms with Crippen molar-refractivity contribution in [2.45, 2.75) is 85.1 Å². The fourth-order valence-corrected chi connectivity index (χ4v) is 8.27. The van der Waals surface area contributed by atoms with E-state index in [1.54, 1.807) is 118 Å². The minimum absolute atomic E-state index is 0. The number of nitrogens with zero attached hydrogens (tertiary/aromatic N) is 12. The van der Waals surface area contributed by atoms with Gasteiger partial charge in [0.15, 0.2) is 6.29 Å². The number of aliphatic hydroxyl groups is 1. The van der Waals surface area contributed by atoms with Crippen LogP contribution in [0.2, 0.25) is 21.0 Å². The molecule has 1 aliphatic carbocycles. The number of halogens is 4. The van der Waals surface area contributed by atoms with Crippen molar-refractivity contribution >= 4 is 110 Å². The second kappa shape index (κ2) is 46.0.